The van der Waals surface area contributed by atoms with E-state index in [9.17, 15) is 4.79 Å². The van der Waals surface area contributed by atoms with E-state index in [2.05, 4.69) is 0 Å². The highest BCUT2D eigenvalue weighted by Crippen LogP contribution is 2.12. The zero-order valence-corrected chi connectivity index (χ0v) is 9.37. The molecule has 1 aromatic carbocycles. The second kappa shape index (κ2) is 4.11. The normalized spacial score (nSPS) is 11.1. The summed E-state index contributed by atoms with van der Waals surface area (Å²) in [5.41, 5.74) is 1.97. The van der Waals surface area contributed by atoms with Crippen LogP contribution in [-0.4, -0.2) is 15.0 Å². The fraction of sp³-hybridized carbons (Fsp3) is 0.364. The minimum absolute atomic E-state index is 0.0272. The highest BCUT2D eigenvalue weighted by Gasteiger charge is 2.09. The summed E-state index contributed by atoms with van der Waals surface area (Å²) in [7, 11) is 0. The first-order valence-corrected chi connectivity index (χ1v) is 5.57. The highest BCUT2D eigenvalue weighted by molar-refractivity contribution is 6.17. The van der Waals surface area contributed by atoms with Crippen LogP contribution in [0.1, 0.15) is 6.92 Å². The number of alkyl halides is 1. The van der Waals surface area contributed by atoms with Crippen LogP contribution in [0.5, 0.6) is 0 Å². The van der Waals surface area contributed by atoms with Gasteiger partial charge in [-0.05, 0) is 19.1 Å². The van der Waals surface area contributed by atoms with Gasteiger partial charge in [-0.25, -0.2) is 4.79 Å². The van der Waals surface area contributed by atoms with Crippen molar-refractivity contribution in [3.05, 3.63) is 34.7 Å². The summed E-state index contributed by atoms with van der Waals surface area (Å²) in [5.74, 6) is 0.456. The second-order valence-electron chi connectivity index (χ2n) is 3.36. The number of imidazole rings is 1. The molecule has 0 aliphatic rings. The standard InChI is InChI=1S/C11H13ClN2O/c1-2-13-9-5-3-4-6-10(9)14(8-7-12)11(13)15/h3-6H,2,7-8H2,1H3. The summed E-state index contributed by atoms with van der Waals surface area (Å²) in [4.78, 5) is 12.0. The van der Waals surface area contributed by atoms with Crippen molar-refractivity contribution < 1.29 is 0 Å². The first-order chi connectivity index (χ1) is 7.29. The molecule has 4 heteroatoms. The lowest BCUT2D eigenvalue weighted by Crippen LogP contribution is -2.24. The van der Waals surface area contributed by atoms with Gasteiger partial charge in [0.2, 0.25) is 0 Å². The zero-order valence-electron chi connectivity index (χ0n) is 8.61. The molecule has 15 heavy (non-hydrogen) atoms. The Bertz CT molecular complexity index is 527. The molecule has 0 N–H and O–H groups in total. The number of rotatable bonds is 3. The number of aromatic nitrogens is 2. The van der Waals surface area contributed by atoms with Gasteiger partial charge >= 0.3 is 5.69 Å². The molecule has 1 aromatic heterocycles. The Balaban J connectivity index is 2.79. The van der Waals surface area contributed by atoms with Crippen LogP contribution in [0.15, 0.2) is 29.1 Å². The van der Waals surface area contributed by atoms with Gasteiger partial charge in [-0.2, -0.15) is 0 Å². The third kappa shape index (κ3) is 1.57. The van der Waals surface area contributed by atoms with E-state index < -0.39 is 0 Å². The van der Waals surface area contributed by atoms with Gasteiger partial charge in [-0.15, -0.1) is 11.6 Å². The molecule has 80 valence electrons. The Kier molecular flexibility index (Phi) is 2.82. The van der Waals surface area contributed by atoms with Crippen LogP contribution < -0.4 is 5.69 Å². The van der Waals surface area contributed by atoms with E-state index in [1.807, 2.05) is 31.2 Å². The lowest BCUT2D eigenvalue weighted by Gasteiger charge is -1.97. The Hall–Kier alpha value is -1.22. The van der Waals surface area contributed by atoms with Gasteiger partial charge in [-0.1, -0.05) is 12.1 Å². The number of para-hydroxylation sites is 2. The molecule has 0 radical (unpaired) electrons. The van der Waals surface area contributed by atoms with Crippen molar-refractivity contribution in [1.82, 2.24) is 9.13 Å². The average Bonchev–Trinajstić information content (AvgIpc) is 2.53. The maximum atomic E-state index is 12.0. The van der Waals surface area contributed by atoms with Crippen LogP contribution >= 0.6 is 11.6 Å². The van der Waals surface area contributed by atoms with Crippen LogP contribution in [0.25, 0.3) is 11.0 Å². The number of aryl methyl sites for hydroxylation is 2. The van der Waals surface area contributed by atoms with Gasteiger partial charge in [0.15, 0.2) is 0 Å². The zero-order chi connectivity index (χ0) is 10.8. The van der Waals surface area contributed by atoms with Crippen LogP contribution in [-0.2, 0) is 13.1 Å². The molecule has 2 aromatic rings. The lowest BCUT2D eigenvalue weighted by atomic mass is 10.3. The van der Waals surface area contributed by atoms with E-state index in [0.717, 1.165) is 11.0 Å². The summed E-state index contributed by atoms with van der Waals surface area (Å²) >= 11 is 5.69. The predicted octanol–water partition coefficient (Wildman–Crippen LogP) is 2.06. The smallest absolute Gasteiger partial charge is 0.292 e. The van der Waals surface area contributed by atoms with Gasteiger partial charge in [0.25, 0.3) is 0 Å². The third-order valence-electron chi connectivity index (χ3n) is 2.55. The number of nitrogens with zero attached hydrogens (tertiary/aromatic N) is 2. The minimum Gasteiger partial charge on any atom is -0.292 e. The van der Waals surface area contributed by atoms with Crippen LogP contribution in [0.2, 0.25) is 0 Å². The number of benzene rings is 1. The summed E-state index contributed by atoms with van der Waals surface area (Å²) in [6.45, 7) is 3.22. The van der Waals surface area contributed by atoms with Gasteiger partial charge in [-0.3, -0.25) is 9.13 Å². The molecule has 0 saturated heterocycles. The van der Waals surface area contributed by atoms with E-state index in [4.69, 9.17) is 11.6 Å². The predicted molar refractivity (Wildman–Crippen MR) is 62.6 cm³/mol. The van der Waals surface area contributed by atoms with Crippen molar-refractivity contribution in [2.45, 2.75) is 20.0 Å². The van der Waals surface area contributed by atoms with Crippen molar-refractivity contribution in [3.63, 3.8) is 0 Å². The molecule has 0 fully saturated rings. The Morgan fingerprint density at radius 2 is 1.80 bits per heavy atom. The third-order valence-corrected chi connectivity index (χ3v) is 2.72. The van der Waals surface area contributed by atoms with E-state index >= 15 is 0 Å². The SMILES string of the molecule is CCn1c(=O)n(CCCl)c2ccccc21. The highest BCUT2D eigenvalue weighted by atomic mass is 35.5. The van der Waals surface area contributed by atoms with E-state index in [0.29, 0.717) is 19.0 Å². The number of fused-ring (bicyclic) bond motifs is 1. The monoisotopic (exact) mass is 224 g/mol. The molecule has 1 heterocycles. The first-order valence-electron chi connectivity index (χ1n) is 5.03. The Labute approximate surface area is 92.9 Å². The number of halogens is 1. The molecular weight excluding hydrogens is 212 g/mol. The molecule has 0 amide bonds. The van der Waals surface area contributed by atoms with Crippen molar-refractivity contribution in [3.8, 4) is 0 Å². The van der Waals surface area contributed by atoms with Crippen molar-refractivity contribution in [1.29, 1.82) is 0 Å². The molecule has 0 bridgehead atoms. The van der Waals surface area contributed by atoms with Gasteiger partial charge in [0, 0.05) is 19.0 Å². The summed E-state index contributed by atoms with van der Waals surface area (Å²) < 4.78 is 3.49. The fourth-order valence-corrected chi connectivity index (χ4v) is 2.05. The second-order valence-corrected chi connectivity index (χ2v) is 3.73. The van der Waals surface area contributed by atoms with Crippen molar-refractivity contribution in [2.75, 3.05) is 5.88 Å². The topological polar surface area (TPSA) is 26.9 Å². The average molecular weight is 225 g/mol. The van der Waals surface area contributed by atoms with Gasteiger partial charge < -0.3 is 0 Å². The molecule has 0 saturated carbocycles. The quantitative estimate of drug-likeness (QED) is 0.734. The summed E-state index contributed by atoms with van der Waals surface area (Å²) in [5, 5.41) is 0. The molecule has 0 atom stereocenters. The van der Waals surface area contributed by atoms with Crippen molar-refractivity contribution >= 4 is 22.6 Å². The maximum absolute atomic E-state index is 12.0. The van der Waals surface area contributed by atoms with E-state index in [-0.39, 0.29) is 5.69 Å². The molecule has 3 nitrogen and oxygen atoms in total. The summed E-state index contributed by atoms with van der Waals surface area (Å²) in [6, 6.07) is 7.80. The molecule has 0 unspecified atom stereocenters. The molecule has 0 aliphatic carbocycles. The van der Waals surface area contributed by atoms with Crippen LogP contribution in [0.4, 0.5) is 0 Å². The molecule has 2 rings (SSSR count). The van der Waals surface area contributed by atoms with Crippen LogP contribution in [0.3, 0.4) is 0 Å². The van der Waals surface area contributed by atoms with Crippen LogP contribution in [0, 0.1) is 0 Å². The van der Waals surface area contributed by atoms with Gasteiger partial charge in [0.05, 0.1) is 11.0 Å². The number of hydrogen-bond acceptors (Lipinski definition) is 1. The maximum Gasteiger partial charge on any atom is 0.329 e. The Morgan fingerprint density at radius 1 is 1.20 bits per heavy atom. The summed E-state index contributed by atoms with van der Waals surface area (Å²) in [6.07, 6.45) is 0. The lowest BCUT2D eigenvalue weighted by molar-refractivity contribution is 0.673. The number of hydrogen-bond donors (Lipinski definition) is 0. The molecule has 0 aliphatic heterocycles. The largest absolute Gasteiger partial charge is 0.329 e. The molecular formula is C11H13ClN2O. The van der Waals surface area contributed by atoms with E-state index in [1.54, 1.807) is 9.13 Å². The fourth-order valence-electron chi connectivity index (χ4n) is 1.88. The first kappa shape index (κ1) is 10.3. The van der Waals surface area contributed by atoms with Crippen molar-refractivity contribution in [2.24, 2.45) is 0 Å². The molecule has 0 spiro atoms. The minimum atomic E-state index is 0.0272. The van der Waals surface area contributed by atoms with Gasteiger partial charge in [0.1, 0.15) is 0 Å². The van der Waals surface area contributed by atoms with E-state index in [1.165, 1.54) is 0 Å². The Morgan fingerprint density at radius 3 is 2.33 bits per heavy atom.